The summed E-state index contributed by atoms with van der Waals surface area (Å²) >= 11 is 0. The predicted molar refractivity (Wildman–Crippen MR) is 122 cm³/mol. The van der Waals surface area contributed by atoms with Crippen LogP contribution < -0.4 is 26.2 Å². The van der Waals surface area contributed by atoms with Crippen molar-refractivity contribution in [2.24, 2.45) is 10.9 Å². The second-order valence-electron chi connectivity index (χ2n) is 7.31. The van der Waals surface area contributed by atoms with Crippen LogP contribution in [0.25, 0.3) is 0 Å². The summed E-state index contributed by atoms with van der Waals surface area (Å²) < 4.78 is 43.3. The third kappa shape index (κ3) is 5.93. The molecule has 0 bridgehead atoms. The minimum absolute atomic E-state index is 0.0371. The van der Waals surface area contributed by atoms with Crippen molar-refractivity contribution in [3.63, 3.8) is 0 Å². The van der Waals surface area contributed by atoms with Crippen LogP contribution in [0.1, 0.15) is 18.1 Å². The maximum Gasteiger partial charge on any atom is 0.258 e. The van der Waals surface area contributed by atoms with Crippen LogP contribution in [0.5, 0.6) is 5.75 Å². The molecule has 1 atom stereocenters. The Labute approximate surface area is 190 Å². The summed E-state index contributed by atoms with van der Waals surface area (Å²) in [4.78, 5) is 19.2. The zero-order valence-electron chi connectivity index (χ0n) is 18.1. The summed E-state index contributed by atoms with van der Waals surface area (Å²) in [5, 5.41) is 10.9. The van der Waals surface area contributed by atoms with Gasteiger partial charge in [-0.2, -0.15) is 4.98 Å². The van der Waals surface area contributed by atoms with E-state index in [4.69, 9.17) is 15.6 Å². The van der Waals surface area contributed by atoms with E-state index >= 15 is 0 Å². The summed E-state index contributed by atoms with van der Waals surface area (Å²) in [5.41, 5.74) is 7.27. The monoisotopic (exact) mass is 474 g/mol. The Bertz CT molecular complexity index is 1320. The summed E-state index contributed by atoms with van der Waals surface area (Å²) in [6.45, 7) is 4.92. The number of benzene rings is 2. The Balaban J connectivity index is 1.81. The molecule has 1 unspecified atom stereocenters. The molecule has 0 aliphatic carbocycles. The number of aromatic nitrogens is 2. The first-order valence-corrected chi connectivity index (χ1v) is 11.3. The number of hydrogen-bond donors (Lipinski definition) is 4. The largest absolute Gasteiger partial charge is 0.481 e. The van der Waals surface area contributed by atoms with E-state index in [0.717, 1.165) is 6.20 Å². The quantitative estimate of drug-likeness (QED) is 0.387. The molecule has 0 saturated heterocycles. The molecule has 6 N–H and O–H groups in total. The number of ether oxygens (including phenoxy) is 1. The highest BCUT2D eigenvalue weighted by Gasteiger charge is 2.15. The van der Waals surface area contributed by atoms with Crippen LogP contribution in [0.2, 0.25) is 0 Å². The van der Waals surface area contributed by atoms with Crippen LogP contribution >= 0.6 is 0 Å². The first-order valence-electron chi connectivity index (χ1n) is 9.70. The number of carbonyl (C=O) groups is 1. The number of primary amides is 1. The van der Waals surface area contributed by atoms with Gasteiger partial charge in [-0.1, -0.05) is 6.07 Å². The average molecular weight is 475 g/mol. The van der Waals surface area contributed by atoms with Crippen molar-refractivity contribution >= 4 is 39.1 Å². The van der Waals surface area contributed by atoms with Gasteiger partial charge in [-0.25, -0.2) is 22.9 Å². The van der Waals surface area contributed by atoms with Gasteiger partial charge in [0.05, 0.1) is 11.1 Å². The third-order valence-corrected chi connectivity index (χ3v) is 5.69. The smallest absolute Gasteiger partial charge is 0.258 e. The maximum absolute atomic E-state index is 14.3. The molecule has 0 fully saturated rings. The van der Waals surface area contributed by atoms with Gasteiger partial charge >= 0.3 is 0 Å². The Kier molecular flexibility index (Phi) is 6.79. The van der Waals surface area contributed by atoms with Crippen LogP contribution in [-0.4, -0.2) is 30.4 Å². The van der Waals surface area contributed by atoms with Gasteiger partial charge < -0.3 is 21.1 Å². The van der Waals surface area contributed by atoms with E-state index in [1.165, 1.54) is 6.07 Å². The minimum Gasteiger partial charge on any atom is -0.481 e. The number of nitrogens with zero attached hydrogens (tertiary/aromatic N) is 2. The molecule has 0 radical (unpaired) electrons. The first-order chi connectivity index (χ1) is 15.4. The number of hydrogen-bond acceptors (Lipinski definition) is 8. The highest BCUT2D eigenvalue weighted by molar-refractivity contribution is 7.89. The van der Waals surface area contributed by atoms with Gasteiger partial charge in [0.25, 0.3) is 5.91 Å². The van der Waals surface area contributed by atoms with E-state index in [-0.39, 0.29) is 16.7 Å². The van der Waals surface area contributed by atoms with Crippen LogP contribution in [0.4, 0.5) is 27.5 Å². The van der Waals surface area contributed by atoms with E-state index in [0.29, 0.717) is 28.3 Å². The molecule has 33 heavy (non-hydrogen) atoms. The molecular formula is C21H23FN6O4S. The summed E-state index contributed by atoms with van der Waals surface area (Å²) in [6, 6.07) is 9.49. The molecule has 0 aliphatic heterocycles. The highest BCUT2D eigenvalue weighted by atomic mass is 32.2. The molecule has 12 heteroatoms. The van der Waals surface area contributed by atoms with Crippen LogP contribution in [0.3, 0.4) is 0 Å². The second-order valence-corrected chi connectivity index (χ2v) is 8.84. The summed E-state index contributed by atoms with van der Waals surface area (Å²) in [6.07, 6.45) is 0.178. The third-order valence-electron chi connectivity index (χ3n) is 4.64. The van der Waals surface area contributed by atoms with E-state index in [1.54, 1.807) is 51.1 Å². The van der Waals surface area contributed by atoms with Crippen LogP contribution in [0, 0.1) is 19.7 Å². The van der Waals surface area contributed by atoms with Crippen molar-refractivity contribution in [3.05, 3.63) is 59.5 Å². The molecule has 1 amide bonds. The Morgan fingerprint density at radius 1 is 1.09 bits per heavy atom. The first kappa shape index (κ1) is 23.9. The molecule has 0 saturated carbocycles. The Morgan fingerprint density at radius 2 is 1.76 bits per heavy atom. The number of nitrogens with one attached hydrogen (secondary N) is 2. The lowest BCUT2D eigenvalue weighted by Gasteiger charge is -2.15. The lowest BCUT2D eigenvalue weighted by Crippen LogP contribution is -2.30. The van der Waals surface area contributed by atoms with Crippen molar-refractivity contribution < 1.29 is 22.3 Å². The fourth-order valence-corrected chi connectivity index (χ4v) is 3.68. The molecule has 0 aliphatic rings. The van der Waals surface area contributed by atoms with Gasteiger partial charge in [0.15, 0.2) is 17.7 Å². The molecule has 3 rings (SSSR count). The Hall–Kier alpha value is -3.77. The summed E-state index contributed by atoms with van der Waals surface area (Å²) in [5.74, 6) is -0.901. The molecule has 174 valence electrons. The summed E-state index contributed by atoms with van der Waals surface area (Å²) in [7, 11) is -3.91. The normalized spacial score (nSPS) is 12.2. The van der Waals surface area contributed by atoms with Gasteiger partial charge in [0.1, 0.15) is 5.75 Å². The number of aryl methyl sites for hydroxylation is 2. The number of amides is 1. The zero-order valence-corrected chi connectivity index (χ0v) is 18.9. The molecular weight excluding hydrogens is 451 g/mol. The highest BCUT2D eigenvalue weighted by Crippen LogP contribution is 2.27. The molecule has 1 aromatic heterocycles. The van der Waals surface area contributed by atoms with Gasteiger partial charge in [0, 0.05) is 11.4 Å². The van der Waals surface area contributed by atoms with Crippen LogP contribution in [-0.2, 0) is 14.8 Å². The van der Waals surface area contributed by atoms with Crippen LogP contribution in [0.15, 0.2) is 47.5 Å². The van der Waals surface area contributed by atoms with Gasteiger partial charge in [0.2, 0.25) is 16.0 Å². The number of nitrogens with two attached hydrogens (primary N) is 2. The van der Waals surface area contributed by atoms with E-state index < -0.39 is 27.9 Å². The van der Waals surface area contributed by atoms with Crippen molar-refractivity contribution in [1.29, 1.82) is 0 Å². The minimum atomic E-state index is -3.91. The molecule has 0 spiro atoms. The number of rotatable bonds is 8. The van der Waals surface area contributed by atoms with Crippen molar-refractivity contribution in [2.75, 3.05) is 10.6 Å². The van der Waals surface area contributed by atoms with Gasteiger partial charge in [-0.3, -0.25) is 4.79 Å². The number of anilines is 4. The van der Waals surface area contributed by atoms with Crippen molar-refractivity contribution in [3.8, 4) is 5.75 Å². The second kappa shape index (κ2) is 9.38. The van der Waals surface area contributed by atoms with Gasteiger partial charge in [-0.05, 0) is 62.2 Å². The average Bonchev–Trinajstić information content (AvgIpc) is 2.73. The lowest BCUT2D eigenvalue weighted by atomic mass is 10.2. The molecule has 10 nitrogen and oxygen atoms in total. The Morgan fingerprint density at radius 3 is 2.39 bits per heavy atom. The van der Waals surface area contributed by atoms with Crippen molar-refractivity contribution in [2.45, 2.75) is 31.8 Å². The standard InChI is InChI=1S/C21H23FN6O4S/c1-11-4-5-15(9-18(11)33(24,30)31)27-21-25-10-16(22)20(28-21)26-14-6-7-17(12(2)8-14)32-13(3)19(23)29/h4-10,13H,1-3H3,(H2,23,29)(H2,24,30,31)(H2,25,26,27,28). The fraction of sp³-hybridized carbons (Fsp3) is 0.190. The molecule has 2 aromatic carbocycles. The number of carbonyl (C=O) groups excluding carboxylic acids is 1. The number of halogens is 1. The predicted octanol–water partition coefficient (Wildman–Crippen LogP) is 2.62. The topological polar surface area (TPSA) is 162 Å². The molecule has 1 heterocycles. The van der Waals surface area contributed by atoms with E-state index in [9.17, 15) is 17.6 Å². The number of primary sulfonamides is 1. The van der Waals surface area contributed by atoms with E-state index in [2.05, 4.69) is 20.6 Å². The molecule has 3 aromatic rings. The zero-order chi connectivity index (χ0) is 24.3. The lowest BCUT2D eigenvalue weighted by molar-refractivity contribution is -0.123. The maximum atomic E-state index is 14.3. The fourth-order valence-electron chi connectivity index (χ4n) is 2.87. The SMILES string of the molecule is Cc1cc(Nc2nc(Nc3ccc(C)c(S(N)(=O)=O)c3)ncc2F)ccc1OC(C)C(N)=O. The van der Waals surface area contributed by atoms with Crippen molar-refractivity contribution in [1.82, 2.24) is 9.97 Å². The number of sulfonamides is 1. The van der Waals surface area contributed by atoms with Gasteiger partial charge in [-0.15, -0.1) is 0 Å². The van der Waals surface area contributed by atoms with E-state index in [1.807, 2.05) is 0 Å².